The van der Waals surface area contributed by atoms with Gasteiger partial charge in [-0.3, -0.25) is 0 Å². The minimum Gasteiger partial charge on any atom is -0.0622 e. The molecule has 0 nitrogen and oxygen atoms in total. The van der Waals surface area contributed by atoms with Crippen molar-refractivity contribution in [1.29, 1.82) is 0 Å². The Morgan fingerprint density at radius 1 is 0.224 bits per heavy atom. The quantitative estimate of drug-likeness (QED) is 0.0968. The van der Waals surface area contributed by atoms with Gasteiger partial charge in [-0.1, -0.05) is 218 Å². The predicted molar refractivity (Wildman–Crippen MR) is 252 cm³/mol. The van der Waals surface area contributed by atoms with E-state index in [1.807, 2.05) is 0 Å². The molecule has 9 aromatic carbocycles. The molecule has 0 aliphatic carbocycles. The molecule has 9 aromatic rings. The maximum atomic E-state index is 2.34. The van der Waals surface area contributed by atoms with E-state index in [2.05, 4.69) is 255 Å². The molecule has 0 bridgehead atoms. The smallest absolute Gasteiger partial charge is 0.0105 e. The lowest BCUT2D eigenvalue weighted by atomic mass is 9.93. The third kappa shape index (κ3) is 8.19. The molecule has 0 atom stereocenters. The molecule has 0 aliphatic rings. The maximum absolute atomic E-state index is 2.34. The van der Waals surface area contributed by atoms with Crippen LogP contribution in [0.25, 0.3) is 69.1 Å². The van der Waals surface area contributed by atoms with E-state index in [0.717, 1.165) is 22.3 Å². The van der Waals surface area contributed by atoms with E-state index < -0.39 is 0 Å². The highest BCUT2D eigenvalue weighted by Gasteiger charge is 2.10. The summed E-state index contributed by atoms with van der Waals surface area (Å²) in [5, 5.41) is 4.92. The lowest BCUT2D eigenvalue weighted by Crippen LogP contribution is -1.90. The number of fused-ring (bicyclic) bond motifs is 2. The summed E-state index contributed by atoms with van der Waals surface area (Å²) in [5.41, 5.74) is 14.1. The molecule has 58 heavy (non-hydrogen) atoms. The Morgan fingerprint density at radius 3 is 0.845 bits per heavy atom. The van der Waals surface area contributed by atoms with E-state index in [-0.39, 0.29) is 0 Å². The fourth-order valence-electron chi connectivity index (χ4n) is 7.71. The van der Waals surface area contributed by atoms with Crippen LogP contribution in [0.3, 0.4) is 0 Å². The first-order valence-electron chi connectivity index (χ1n) is 19.9. The monoisotopic (exact) mass is 738 g/mol. The molecule has 0 saturated heterocycles. The molecule has 0 aliphatic heterocycles. The van der Waals surface area contributed by atoms with Crippen molar-refractivity contribution in [3.63, 3.8) is 0 Å². The van der Waals surface area contributed by atoms with Crippen LogP contribution in [0.1, 0.15) is 55.6 Å². The summed E-state index contributed by atoms with van der Waals surface area (Å²) in [5.74, 6) is 0. The van der Waals surface area contributed by atoms with Gasteiger partial charge >= 0.3 is 0 Å². The van der Waals surface area contributed by atoms with Crippen LogP contribution < -0.4 is 0 Å². The standard InChI is InChI=1S/C58H42/c1-5-21-45(22-6-1)57(46-23-7-2-8-24-46)41-51-31-15-13-19-43(51)33-35-53-39-55-37-49-29-17-18-30-50(49)38-56(55)40-54(53)36-34-44-20-14-16-32-52(44)42-58(47-25-9-3-10-26-47)48-27-11-4-12-28-48/h1-42H/b35-33+,36-34+. The van der Waals surface area contributed by atoms with Crippen LogP contribution in [0.15, 0.2) is 218 Å². The zero-order valence-corrected chi connectivity index (χ0v) is 32.2. The molecule has 9 rings (SSSR count). The second-order valence-corrected chi connectivity index (χ2v) is 14.5. The number of benzene rings is 9. The fraction of sp³-hybridized carbons (Fsp3) is 0. The van der Waals surface area contributed by atoms with Crippen LogP contribution in [-0.2, 0) is 0 Å². The van der Waals surface area contributed by atoms with E-state index in [9.17, 15) is 0 Å². The first kappa shape index (κ1) is 36.1. The normalized spacial score (nSPS) is 11.3. The van der Waals surface area contributed by atoms with Gasteiger partial charge in [-0.25, -0.2) is 0 Å². The highest BCUT2D eigenvalue weighted by molar-refractivity contribution is 6.02. The molecular formula is C58H42. The molecule has 0 spiro atoms. The van der Waals surface area contributed by atoms with Gasteiger partial charge < -0.3 is 0 Å². The van der Waals surface area contributed by atoms with E-state index >= 15 is 0 Å². The van der Waals surface area contributed by atoms with Crippen LogP contribution in [0.2, 0.25) is 0 Å². The van der Waals surface area contributed by atoms with E-state index in [4.69, 9.17) is 0 Å². The van der Waals surface area contributed by atoms with Gasteiger partial charge in [0.2, 0.25) is 0 Å². The third-order valence-electron chi connectivity index (χ3n) is 10.7. The summed E-state index contributed by atoms with van der Waals surface area (Å²) < 4.78 is 0. The Morgan fingerprint density at radius 2 is 0.500 bits per heavy atom. The van der Waals surface area contributed by atoms with E-state index in [1.54, 1.807) is 0 Å². The van der Waals surface area contributed by atoms with Crippen molar-refractivity contribution in [2.24, 2.45) is 0 Å². The van der Waals surface area contributed by atoms with Crippen molar-refractivity contribution in [2.45, 2.75) is 0 Å². The zero-order valence-electron chi connectivity index (χ0n) is 32.2. The summed E-state index contributed by atoms with van der Waals surface area (Å²) in [4.78, 5) is 0. The molecule has 0 radical (unpaired) electrons. The first-order valence-corrected chi connectivity index (χ1v) is 19.9. The lowest BCUT2D eigenvalue weighted by Gasteiger charge is -2.11. The second kappa shape index (κ2) is 17.1. The highest BCUT2D eigenvalue weighted by Crippen LogP contribution is 2.32. The second-order valence-electron chi connectivity index (χ2n) is 14.5. The molecule has 0 heterocycles. The number of rotatable bonds is 10. The van der Waals surface area contributed by atoms with Crippen LogP contribution in [-0.4, -0.2) is 0 Å². The molecular weight excluding hydrogens is 697 g/mol. The Balaban J connectivity index is 1.15. The van der Waals surface area contributed by atoms with Crippen molar-refractivity contribution in [1.82, 2.24) is 0 Å². The number of hydrogen-bond donors (Lipinski definition) is 0. The minimum absolute atomic E-state index is 1.16. The van der Waals surface area contributed by atoms with Gasteiger partial charge in [0.05, 0.1) is 0 Å². The van der Waals surface area contributed by atoms with Gasteiger partial charge in [-0.05, 0) is 125 Å². The van der Waals surface area contributed by atoms with Crippen LogP contribution in [0.4, 0.5) is 0 Å². The van der Waals surface area contributed by atoms with Crippen LogP contribution in [0.5, 0.6) is 0 Å². The number of hydrogen-bond acceptors (Lipinski definition) is 0. The Kier molecular flexibility index (Phi) is 10.6. The van der Waals surface area contributed by atoms with Crippen molar-refractivity contribution in [2.75, 3.05) is 0 Å². The lowest BCUT2D eigenvalue weighted by molar-refractivity contribution is 1.54. The summed E-state index contributed by atoms with van der Waals surface area (Å²) in [7, 11) is 0. The predicted octanol–water partition coefficient (Wildman–Crippen LogP) is 15.5. The molecule has 0 N–H and O–H groups in total. The highest BCUT2D eigenvalue weighted by atomic mass is 14.1. The minimum atomic E-state index is 1.16. The van der Waals surface area contributed by atoms with Gasteiger partial charge in [0.25, 0.3) is 0 Å². The van der Waals surface area contributed by atoms with Crippen molar-refractivity contribution in [3.05, 3.63) is 274 Å². The topological polar surface area (TPSA) is 0 Å². The molecule has 0 aromatic heterocycles. The molecule has 0 unspecified atom stereocenters. The first-order chi connectivity index (χ1) is 28.7. The van der Waals surface area contributed by atoms with Crippen molar-refractivity contribution >= 4 is 69.1 Å². The molecule has 0 heteroatoms. The van der Waals surface area contributed by atoms with E-state index in [1.165, 1.54) is 66.1 Å². The average Bonchev–Trinajstić information content (AvgIpc) is 3.29. The average molecular weight is 739 g/mol. The third-order valence-corrected chi connectivity index (χ3v) is 10.7. The Hall–Kier alpha value is -7.54. The SMILES string of the molecule is C(=C(c1ccccc1)c1ccccc1)c1ccccc1/C=C/c1cc2cc3ccccc3cc2cc1/C=C/c1ccccc1C=C(c1ccccc1)c1ccccc1. The van der Waals surface area contributed by atoms with Crippen molar-refractivity contribution < 1.29 is 0 Å². The molecule has 0 amide bonds. The van der Waals surface area contributed by atoms with Crippen LogP contribution in [0, 0.1) is 0 Å². The Bertz CT molecular complexity index is 2660. The fourth-order valence-corrected chi connectivity index (χ4v) is 7.71. The van der Waals surface area contributed by atoms with Gasteiger partial charge in [0, 0.05) is 0 Å². The summed E-state index contributed by atoms with van der Waals surface area (Å²) in [6.07, 6.45) is 13.7. The zero-order chi connectivity index (χ0) is 38.9. The maximum Gasteiger partial charge on any atom is -0.0105 e. The van der Waals surface area contributed by atoms with Gasteiger partial charge in [-0.2, -0.15) is 0 Å². The van der Waals surface area contributed by atoms with E-state index in [0.29, 0.717) is 0 Å². The summed E-state index contributed by atoms with van der Waals surface area (Å²) in [6, 6.07) is 77.9. The van der Waals surface area contributed by atoms with Gasteiger partial charge in [0.15, 0.2) is 0 Å². The van der Waals surface area contributed by atoms with Gasteiger partial charge in [-0.15, -0.1) is 0 Å². The molecule has 0 saturated carbocycles. The molecule has 0 fully saturated rings. The summed E-state index contributed by atoms with van der Waals surface area (Å²) >= 11 is 0. The molecule has 274 valence electrons. The summed E-state index contributed by atoms with van der Waals surface area (Å²) in [6.45, 7) is 0. The van der Waals surface area contributed by atoms with Crippen LogP contribution >= 0.6 is 0 Å². The Labute approximate surface area is 341 Å². The van der Waals surface area contributed by atoms with Gasteiger partial charge in [0.1, 0.15) is 0 Å². The van der Waals surface area contributed by atoms with Crippen molar-refractivity contribution in [3.8, 4) is 0 Å². The largest absolute Gasteiger partial charge is 0.0622 e.